The fourth-order valence-electron chi connectivity index (χ4n) is 2.57. The molecule has 0 bridgehead atoms. The molecule has 1 aliphatic heterocycles. The molecule has 0 radical (unpaired) electrons. The molecule has 0 aliphatic carbocycles. The van der Waals surface area contributed by atoms with Gasteiger partial charge >= 0.3 is 0 Å². The first-order valence-electron chi connectivity index (χ1n) is 6.99. The zero-order valence-corrected chi connectivity index (χ0v) is 11.3. The van der Waals surface area contributed by atoms with Crippen molar-refractivity contribution in [1.82, 2.24) is 10.3 Å². The summed E-state index contributed by atoms with van der Waals surface area (Å²) in [6.07, 6.45) is 4.22. The summed E-state index contributed by atoms with van der Waals surface area (Å²) in [5.41, 5.74) is 2.18. The molecule has 3 rings (SSSR count). The average Bonchev–Trinajstić information content (AvgIpc) is 3.00. The first kappa shape index (κ1) is 13.1. The lowest BCUT2D eigenvalue weighted by Crippen LogP contribution is -2.13. The minimum absolute atomic E-state index is 0.207. The highest BCUT2D eigenvalue weighted by atomic mass is 19.1. The molecule has 1 unspecified atom stereocenters. The van der Waals surface area contributed by atoms with Crippen LogP contribution in [0.1, 0.15) is 30.0 Å². The third-order valence-corrected chi connectivity index (χ3v) is 3.61. The molecule has 1 aromatic heterocycles. The summed E-state index contributed by atoms with van der Waals surface area (Å²) < 4.78 is 13.1. The van der Waals surface area contributed by atoms with E-state index in [0.717, 1.165) is 17.9 Å². The molecule has 1 saturated heterocycles. The summed E-state index contributed by atoms with van der Waals surface area (Å²) >= 11 is 0. The fourth-order valence-corrected chi connectivity index (χ4v) is 2.57. The van der Waals surface area contributed by atoms with E-state index in [1.165, 1.54) is 30.5 Å². The Morgan fingerprint density at radius 3 is 3.05 bits per heavy atom. The van der Waals surface area contributed by atoms with Crippen LogP contribution < -0.4 is 10.6 Å². The fraction of sp³-hybridized carbons (Fsp3) is 0.312. The number of nitrogens with one attached hydrogen (secondary N) is 2. The molecule has 104 valence electrons. The average molecular weight is 271 g/mol. The first-order valence-corrected chi connectivity index (χ1v) is 6.99. The maximum absolute atomic E-state index is 13.1. The highest BCUT2D eigenvalue weighted by Crippen LogP contribution is 2.24. The van der Waals surface area contributed by atoms with Gasteiger partial charge in [-0.25, -0.2) is 9.37 Å². The molecular weight excluding hydrogens is 253 g/mol. The number of hydrogen-bond acceptors (Lipinski definition) is 3. The lowest BCUT2D eigenvalue weighted by atomic mass is 10.1. The smallest absolute Gasteiger partial charge is 0.126 e. The molecule has 2 aromatic rings. The van der Waals surface area contributed by atoms with E-state index >= 15 is 0 Å². The van der Waals surface area contributed by atoms with Crippen LogP contribution in [0.4, 0.5) is 10.2 Å². The summed E-state index contributed by atoms with van der Waals surface area (Å²) in [4.78, 5) is 4.32. The van der Waals surface area contributed by atoms with Crippen molar-refractivity contribution in [3.63, 3.8) is 0 Å². The minimum Gasteiger partial charge on any atom is -0.366 e. The number of pyridine rings is 1. The third kappa shape index (κ3) is 3.14. The van der Waals surface area contributed by atoms with Crippen molar-refractivity contribution in [1.29, 1.82) is 0 Å². The zero-order chi connectivity index (χ0) is 13.8. The van der Waals surface area contributed by atoms with Crippen LogP contribution in [0.3, 0.4) is 0 Å². The molecule has 1 aromatic carbocycles. The topological polar surface area (TPSA) is 37.0 Å². The van der Waals surface area contributed by atoms with Crippen molar-refractivity contribution in [2.45, 2.75) is 25.4 Å². The summed E-state index contributed by atoms with van der Waals surface area (Å²) in [6, 6.07) is 11.2. The Hall–Kier alpha value is -1.94. The van der Waals surface area contributed by atoms with Gasteiger partial charge < -0.3 is 10.6 Å². The lowest BCUT2D eigenvalue weighted by Gasteiger charge is -2.12. The van der Waals surface area contributed by atoms with Crippen LogP contribution in [0.25, 0.3) is 0 Å². The monoisotopic (exact) mass is 271 g/mol. The molecule has 20 heavy (non-hydrogen) atoms. The second kappa shape index (κ2) is 6.01. The normalized spacial score (nSPS) is 18.1. The van der Waals surface area contributed by atoms with E-state index in [9.17, 15) is 4.39 Å². The molecule has 3 nitrogen and oxygen atoms in total. The molecular formula is C16H18FN3. The summed E-state index contributed by atoms with van der Waals surface area (Å²) in [7, 11) is 0. The van der Waals surface area contributed by atoms with Crippen molar-refractivity contribution in [3.8, 4) is 0 Å². The highest BCUT2D eigenvalue weighted by Gasteiger charge is 2.16. The van der Waals surface area contributed by atoms with E-state index in [1.807, 2.05) is 12.3 Å². The Bertz CT molecular complexity index is 579. The summed E-state index contributed by atoms with van der Waals surface area (Å²) in [5, 5.41) is 6.72. The van der Waals surface area contributed by atoms with Crippen molar-refractivity contribution >= 4 is 5.82 Å². The molecule has 2 heterocycles. The van der Waals surface area contributed by atoms with Crippen LogP contribution in [-0.4, -0.2) is 11.5 Å². The minimum atomic E-state index is -0.207. The molecule has 0 saturated carbocycles. The van der Waals surface area contributed by atoms with Gasteiger partial charge in [0, 0.05) is 18.8 Å². The lowest BCUT2D eigenvalue weighted by molar-refractivity contribution is 0.626. The quantitative estimate of drug-likeness (QED) is 0.896. The van der Waals surface area contributed by atoms with Crippen molar-refractivity contribution in [3.05, 3.63) is 59.5 Å². The van der Waals surface area contributed by atoms with Crippen molar-refractivity contribution in [2.75, 3.05) is 11.9 Å². The number of halogens is 1. The Labute approximate surface area is 118 Å². The standard InChI is InChI=1S/C16H18FN3/c17-14-4-1-3-12(9-14)11-20-16-10-13(6-8-19-16)15-5-2-7-18-15/h1,3-4,6,8-10,15,18H,2,5,7,11H2,(H,19,20). The number of anilines is 1. The second-order valence-electron chi connectivity index (χ2n) is 5.11. The Kier molecular flexibility index (Phi) is 3.92. The Morgan fingerprint density at radius 2 is 2.25 bits per heavy atom. The van der Waals surface area contributed by atoms with E-state index in [0.29, 0.717) is 12.6 Å². The summed E-state index contributed by atoms with van der Waals surface area (Å²) in [5.74, 6) is 0.627. The van der Waals surface area contributed by atoms with Crippen molar-refractivity contribution < 1.29 is 4.39 Å². The van der Waals surface area contributed by atoms with Gasteiger partial charge in [-0.15, -0.1) is 0 Å². The van der Waals surface area contributed by atoms with Gasteiger partial charge in [0.05, 0.1) is 0 Å². The van der Waals surface area contributed by atoms with Gasteiger partial charge in [0.1, 0.15) is 11.6 Å². The van der Waals surface area contributed by atoms with Gasteiger partial charge in [-0.05, 0) is 54.8 Å². The molecule has 4 heteroatoms. The molecule has 1 atom stereocenters. The molecule has 0 spiro atoms. The van der Waals surface area contributed by atoms with E-state index in [-0.39, 0.29) is 5.82 Å². The maximum atomic E-state index is 13.1. The molecule has 1 fully saturated rings. The third-order valence-electron chi connectivity index (χ3n) is 3.61. The number of hydrogen-bond donors (Lipinski definition) is 2. The van der Waals surface area contributed by atoms with Gasteiger partial charge in [-0.3, -0.25) is 0 Å². The van der Waals surface area contributed by atoms with E-state index < -0.39 is 0 Å². The van der Waals surface area contributed by atoms with Gasteiger partial charge in [-0.2, -0.15) is 0 Å². The SMILES string of the molecule is Fc1cccc(CNc2cc(C3CCCN3)ccn2)c1. The second-order valence-corrected chi connectivity index (χ2v) is 5.11. The van der Waals surface area contributed by atoms with Crippen LogP contribution >= 0.6 is 0 Å². The van der Waals surface area contributed by atoms with E-state index in [2.05, 4.69) is 27.8 Å². The molecule has 0 amide bonds. The van der Waals surface area contributed by atoms with E-state index in [4.69, 9.17) is 0 Å². The maximum Gasteiger partial charge on any atom is 0.126 e. The van der Waals surface area contributed by atoms with Gasteiger partial charge in [0.2, 0.25) is 0 Å². The van der Waals surface area contributed by atoms with Crippen LogP contribution in [0, 0.1) is 5.82 Å². The van der Waals surface area contributed by atoms with Gasteiger partial charge in [-0.1, -0.05) is 12.1 Å². The number of rotatable bonds is 4. The van der Waals surface area contributed by atoms with Crippen LogP contribution in [-0.2, 0) is 6.54 Å². The predicted octanol–water partition coefficient (Wildman–Crippen LogP) is 3.26. The zero-order valence-electron chi connectivity index (χ0n) is 11.3. The van der Waals surface area contributed by atoms with Gasteiger partial charge in [0.25, 0.3) is 0 Å². The predicted molar refractivity (Wildman–Crippen MR) is 77.9 cm³/mol. The number of benzene rings is 1. The highest BCUT2D eigenvalue weighted by molar-refractivity contribution is 5.39. The number of aromatic nitrogens is 1. The van der Waals surface area contributed by atoms with Crippen LogP contribution in [0.15, 0.2) is 42.6 Å². The van der Waals surface area contributed by atoms with Crippen molar-refractivity contribution in [2.24, 2.45) is 0 Å². The van der Waals surface area contributed by atoms with Crippen LogP contribution in [0.2, 0.25) is 0 Å². The largest absolute Gasteiger partial charge is 0.366 e. The van der Waals surface area contributed by atoms with Crippen LogP contribution in [0.5, 0.6) is 0 Å². The molecule has 2 N–H and O–H groups in total. The van der Waals surface area contributed by atoms with E-state index in [1.54, 1.807) is 6.07 Å². The molecule has 1 aliphatic rings. The van der Waals surface area contributed by atoms with Gasteiger partial charge in [0.15, 0.2) is 0 Å². The first-order chi connectivity index (χ1) is 9.81. The Balaban J connectivity index is 1.66. The summed E-state index contributed by atoms with van der Waals surface area (Å²) in [6.45, 7) is 1.66. The number of nitrogens with zero attached hydrogens (tertiary/aromatic N) is 1. The Morgan fingerprint density at radius 1 is 1.30 bits per heavy atom.